The van der Waals surface area contributed by atoms with E-state index in [0.717, 1.165) is 21.0 Å². The Morgan fingerprint density at radius 2 is 2.18 bits per heavy atom. The van der Waals surface area contributed by atoms with Crippen molar-refractivity contribution in [2.75, 3.05) is 12.8 Å². The van der Waals surface area contributed by atoms with E-state index in [1.807, 2.05) is 32.0 Å². The van der Waals surface area contributed by atoms with Crippen molar-refractivity contribution in [1.29, 1.82) is 0 Å². The summed E-state index contributed by atoms with van der Waals surface area (Å²) < 4.78 is 0. The quantitative estimate of drug-likeness (QED) is 0.613. The number of likely N-dealkylation sites (tertiary alicyclic amines) is 1. The van der Waals surface area contributed by atoms with Gasteiger partial charge in [0.2, 0.25) is 5.60 Å². The lowest BCUT2D eigenvalue weighted by Gasteiger charge is -2.14. The van der Waals surface area contributed by atoms with Gasteiger partial charge in [-0.25, -0.2) is 15.0 Å². The largest absolute Gasteiger partial charge is 0.382 e. The van der Waals surface area contributed by atoms with Crippen LogP contribution in [0.2, 0.25) is 0 Å². The number of benzene rings is 1. The zero-order valence-electron chi connectivity index (χ0n) is 15.7. The number of carbonyl (C=O) groups is 1. The number of anilines is 1. The second kappa shape index (κ2) is 6.55. The number of rotatable bonds is 1. The molecular formula is C20H19N5O2S. The average molecular weight is 393 g/mol. The number of aliphatic hydroxyl groups is 1. The van der Waals surface area contributed by atoms with Gasteiger partial charge in [-0.3, -0.25) is 4.79 Å². The molecule has 1 amide bonds. The number of nitrogen functional groups attached to an aromatic ring is 1. The zero-order chi connectivity index (χ0) is 20.1. The Morgan fingerprint density at radius 1 is 1.39 bits per heavy atom. The smallest absolute Gasteiger partial charge is 0.267 e. The van der Waals surface area contributed by atoms with Gasteiger partial charge in [0.15, 0.2) is 5.82 Å². The number of nitrogens with zero attached hydrogens (tertiary/aromatic N) is 4. The fourth-order valence-corrected chi connectivity index (χ4v) is 4.24. The molecule has 1 aliphatic heterocycles. The molecule has 0 aliphatic carbocycles. The van der Waals surface area contributed by atoms with Crippen LogP contribution in [0.3, 0.4) is 0 Å². The van der Waals surface area contributed by atoms with E-state index < -0.39 is 5.60 Å². The predicted octanol–water partition coefficient (Wildman–Crippen LogP) is 1.98. The number of likely N-dealkylation sites (N-methyl/N-ethyl adjacent to an activating group) is 1. The van der Waals surface area contributed by atoms with E-state index in [1.165, 1.54) is 22.6 Å². The first-order chi connectivity index (χ1) is 13.3. The monoisotopic (exact) mass is 393 g/mol. The Kier molecular flexibility index (Phi) is 4.29. The minimum absolute atomic E-state index is 0.0466. The summed E-state index contributed by atoms with van der Waals surface area (Å²) in [5.41, 5.74) is 7.47. The van der Waals surface area contributed by atoms with E-state index in [9.17, 15) is 9.90 Å². The van der Waals surface area contributed by atoms with Crippen LogP contribution in [-0.2, 0) is 4.79 Å². The molecule has 8 heteroatoms. The summed E-state index contributed by atoms with van der Waals surface area (Å²) in [5.74, 6) is 5.72. The van der Waals surface area contributed by atoms with Crippen LogP contribution in [0.25, 0.3) is 20.9 Å². The molecule has 0 radical (unpaired) electrons. The lowest BCUT2D eigenvalue weighted by molar-refractivity contribution is -0.138. The Balaban J connectivity index is 1.72. The van der Waals surface area contributed by atoms with Gasteiger partial charge in [-0.05, 0) is 31.5 Å². The Hall–Kier alpha value is -3.02. The van der Waals surface area contributed by atoms with Crippen LogP contribution in [0.4, 0.5) is 5.82 Å². The molecule has 28 heavy (non-hydrogen) atoms. The number of nitrogens with two attached hydrogens (primary N) is 1. The van der Waals surface area contributed by atoms with Gasteiger partial charge < -0.3 is 15.7 Å². The van der Waals surface area contributed by atoms with Crippen LogP contribution < -0.4 is 5.73 Å². The summed E-state index contributed by atoms with van der Waals surface area (Å²) in [6.07, 6.45) is 1.72. The molecule has 1 aliphatic rings. The molecule has 2 aromatic heterocycles. The maximum atomic E-state index is 12.3. The second-order valence-corrected chi connectivity index (χ2v) is 8.02. The SMILES string of the molecule is Cc1ccc(C#CC2(O)CC(C)N(C)C2=O)cc1-c1nc2c(N)ncnc2s1. The van der Waals surface area contributed by atoms with E-state index in [0.29, 0.717) is 23.3 Å². The molecule has 7 nitrogen and oxygen atoms in total. The summed E-state index contributed by atoms with van der Waals surface area (Å²) in [5, 5.41) is 11.4. The van der Waals surface area contributed by atoms with Crippen LogP contribution in [0.5, 0.6) is 0 Å². The minimum Gasteiger partial charge on any atom is -0.382 e. The number of aromatic nitrogens is 3. The molecule has 1 saturated heterocycles. The van der Waals surface area contributed by atoms with Crippen molar-refractivity contribution in [2.45, 2.75) is 31.9 Å². The zero-order valence-corrected chi connectivity index (χ0v) is 16.5. The standard InChI is InChI=1S/C20H19N5O2S/c1-11-4-5-13(6-7-20(27)9-12(2)25(3)19(20)26)8-14(11)17-24-15-16(21)22-10-23-18(15)28-17/h4-5,8,10,12,27H,9H2,1-3H3,(H2,21,22,23). The molecule has 0 spiro atoms. The first-order valence-electron chi connectivity index (χ1n) is 8.79. The molecule has 3 heterocycles. The topological polar surface area (TPSA) is 105 Å². The first kappa shape index (κ1) is 18.3. The number of hydrogen-bond acceptors (Lipinski definition) is 7. The minimum atomic E-state index is -1.64. The van der Waals surface area contributed by atoms with E-state index in [-0.39, 0.29) is 11.9 Å². The third-order valence-electron chi connectivity index (χ3n) is 5.03. The van der Waals surface area contributed by atoms with Crippen molar-refractivity contribution < 1.29 is 9.90 Å². The van der Waals surface area contributed by atoms with Gasteiger partial charge in [0.1, 0.15) is 21.7 Å². The summed E-state index contributed by atoms with van der Waals surface area (Å²) >= 11 is 1.43. The van der Waals surface area contributed by atoms with Crippen molar-refractivity contribution in [3.05, 3.63) is 35.7 Å². The lowest BCUT2D eigenvalue weighted by atomic mass is 9.99. The van der Waals surface area contributed by atoms with Gasteiger partial charge in [-0.15, -0.1) is 0 Å². The van der Waals surface area contributed by atoms with Crippen molar-refractivity contribution in [3.63, 3.8) is 0 Å². The number of amides is 1. The highest BCUT2D eigenvalue weighted by molar-refractivity contribution is 7.21. The molecule has 3 aromatic rings. The second-order valence-electron chi connectivity index (χ2n) is 7.04. The number of carbonyl (C=O) groups excluding carboxylic acids is 1. The third-order valence-corrected chi connectivity index (χ3v) is 6.03. The van der Waals surface area contributed by atoms with Crippen molar-refractivity contribution >= 4 is 33.4 Å². The molecule has 2 atom stereocenters. The van der Waals surface area contributed by atoms with Crippen molar-refractivity contribution in [2.24, 2.45) is 0 Å². The molecule has 1 fully saturated rings. The van der Waals surface area contributed by atoms with Crippen molar-refractivity contribution in [1.82, 2.24) is 19.9 Å². The first-order valence-corrected chi connectivity index (χ1v) is 9.61. The molecule has 4 rings (SSSR count). The normalized spacial score (nSPS) is 21.8. The molecule has 142 valence electrons. The number of thiazole rings is 1. The summed E-state index contributed by atoms with van der Waals surface area (Å²) in [6.45, 7) is 3.88. The van der Waals surface area contributed by atoms with Crippen molar-refractivity contribution in [3.8, 4) is 22.4 Å². The fourth-order valence-electron chi connectivity index (χ4n) is 3.24. The van der Waals surface area contributed by atoms with Crippen LogP contribution in [-0.4, -0.2) is 49.6 Å². The molecule has 1 aromatic carbocycles. The van der Waals surface area contributed by atoms with E-state index in [4.69, 9.17) is 5.73 Å². The maximum Gasteiger partial charge on any atom is 0.267 e. The van der Waals surface area contributed by atoms with E-state index >= 15 is 0 Å². The average Bonchev–Trinajstić information content (AvgIpc) is 3.18. The van der Waals surface area contributed by atoms with Gasteiger partial charge in [-0.2, -0.15) is 0 Å². The van der Waals surface area contributed by atoms with E-state index in [2.05, 4.69) is 26.8 Å². The maximum absolute atomic E-state index is 12.3. The van der Waals surface area contributed by atoms with Gasteiger partial charge in [0.05, 0.1) is 0 Å². The van der Waals surface area contributed by atoms with Gasteiger partial charge in [0, 0.05) is 30.6 Å². The highest BCUT2D eigenvalue weighted by atomic mass is 32.1. The third kappa shape index (κ3) is 2.99. The van der Waals surface area contributed by atoms with Crippen LogP contribution in [0, 0.1) is 18.8 Å². The van der Waals surface area contributed by atoms with Crippen LogP contribution in [0.1, 0.15) is 24.5 Å². The van der Waals surface area contributed by atoms with E-state index in [1.54, 1.807) is 7.05 Å². The molecule has 2 unspecified atom stereocenters. The summed E-state index contributed by atoms with van der Waals surface area (Å²) in [7, 11) is 1.68. The summed E-state index contributed by atoms with van der Waals surface area (Å²) in [4.78, 5) is 27.3. The molecule has 0 saturated carbocycles. The predicted molar refractivity (Wildman–Crippen MR) is 108 cm³/mol. The number of hydrogen-bond donors (Lipinski definition) is 2. The fraction of sp³-hybridized carbons (Fsp3) is 0.300. The molecule has 3 N–H and O–H groups in total. The Morgan fingerprint density at radius 3 is 2.86 bits per heavy atom. The Labute approximate surface area is 166 Å². The van der Waals surface area contributed by atoms with Gasteiger partial charge >= 0.3 is 0 Å². The van der Waals surface area contributed by atoms with Gasteiger partial charge in [0.25, 0.3) is 5.91 Å². The Bertz CT molecular complexity index is 1160. The number of aryl methyl sites for hydroxylation is 1. The molecule has 0 bridgehead atoms. The lowest BCUT2D eigenvalue weighted by Crippen LogP contribution is -2.37. The molecular weight excluding hydrogens is 374 g/mol. The summed E-state index contributed by atoms with van der Waals surface area (Å²) in [6, 6.07) is 5.66. The van der Waals surface area contributed by atoms with Gasteiger partial charge in [-0.1, -0.05) is 29.2 Å². The number of fused-ring (bicyclic) bond motifs is 1. The van der Waals surface area contributed by atoms with Crippen LogP contribution in [0.15, 0.2) is 24.5 Å². The highest BCUT2D eigenvalue weighted by Gasteiger charge is 2.46. The van der Waals surface area contributed by atoms with Crippen LogP contribution >= 0.6 is 11.3 Å². The highest BCUT2D eigenvalue weighted by Crippen LogP contribution is 2.33.